The van der Waals surface area contributed by atoms with Crippen LogP contribution in [-0.2, 0) is 20.4 Å². The van der Waals surface area contributed by atoms with Crippen molar-refractivity contribution in [1.29, 1.82) is 0 Å². The third kappa shape index (κ3) is 7.17. The number of hydrogen-bond donors (Lipinski definition) is 0. The number of hydrogen-bond acceptors (Lipinski definition) is 12. The van der Waals surface area contributed by atoms with Gasteiger partial charge in [0.2, 0.25) is 0 Å². The van der Waals surface area contributed by atoms with Gasteiger partial charge in [-0.15, -0.1) is 0 Å². The zero-order valence-electron chi connectivity index (χ0n) is 34.8. The van der Waals surface area contributed by atoms with Gasteiger partial charge in [-0.3, -0.25) is 0 Å². The van der Waals surface area contributed by atoms with Gasteiger partial charge in [-0.1, -0.05) is 0 Å². The van der Waals surface area contributed by atoms with E-state index in [1.165, 1.54) is 0 Å². The van der Waals surface area contributed by atoms with Crippen molar-refractivity contribution in [2.75, 3.05) is 85.3 Å². The molecule has 0 spiro atoms. The maximum atomic E-state index is 6.44. The fourth-order valence-electron chi connectivity index (χ4n) is 7.84. The van der Waals surface area contributed by atoms with Gasteiger partial charge in [-0.25, -0.2) is 0 Å². The average molecular weight is 894 g/mol. The van der Waals surface area contributed by atoms with E-state index in [1.54, 1.807) is 85.3 Å². The van der Waals surface area contributed by atoms with Crippen molar-refractivity contribution in [3.05, 3.63) is 40.5 Å². The van der Waals surface area contributed by atoms with Crippen molar-refractivity contribution in [2.45, 2.75) is 31.0 Å². The molecule has 3 aromatic carbocycles. The molecule has 0 N–H and O–H groups in total. The Morgan fingerprint density at radius 1 is 0.357 bits per heavy atom. The van der Waals surface area contributed by atoms with E-state index in [1.807, 2.05) is 18.2 Å². The second kappa shape index (κ2) is 20.3. The normalized spacial score (nSPS) is 13.0. The van der Waals surface area contributed by atoms with Crippen molar-refractivity contribution >= 4 is 23.6 Å². The molecule has 1 aliphatic rings. The van der Waals surface area contributed by atoms with Crippen molar-refractivity contribution in [1.82, 2.24) is 0 Å². The minimum absolute atomic E-state index is 0. The van der Waals surface area contributed by atoms with Crippen LogP contribution in [0.4, 0.5) is 0 Å². The summed E-state index contributed by atoms with van der Waals surface area (Å²) in [6, 6.07) is 5.85. The van der Waals surface area contributed by atoms with Crippen molar-refractivity contribution in [2.24, 2.45) is 0 Å². The van der Waals surface area contributed by atoms with Crippen LogP contribution in [0.5, 0.6) is 69.0 Å². The van der Waals surface area contributed by atoms with E-state index in [2.05, 4.69) is 48.1 Å². The molecule has 4 rings (SSSR count). The van der Waals surface area contributed by atoms with Gasteiger partial charge in [0.05, 0.1) is 0 Å². The second-order valence-corrected chi connectivity index (χ2v) is 18.0. The fraction of sp³-hybridized carbons (Fsp3) is 0.436. The van der Waals surface area contributed by atoms with Gasteiger partial charge >= 0.3 is 327 Å². The van der Waals surface area contributed by atoms with Crippen molar-refractivity contribution < 1.29 is 114 Å². The number of rotatable bonds is 16. The summed E-state index contributed by atoms with van der Waals surface area (Å²) in [6.07, 6.45) is 0. The molecular formula is C39H51Cl3O12SiTi. The Balaban J connectivity index is 0.00000523. The molecule has 12 nitrogen and oxygen atoms in total. The minimum atomic E-state index is -4.05. The summed E-state index contributed by atoms with van der Waals surface area (Å²) < 4.78 is 72.8. The average Bonchev–Trinajstić information content (AvgIpc) is 3.33. The Labute approximate surface area is 362 Å². The molecule has 0 aliphatic heterocycles. The zero-order chi connectivity index (χ0) is 39.6. The molecule has 0 bridgehead atoms. The van der Waals surface area contributed by atoms with Gasteiger partial charge in [0, 0.05) is 0 Å². The van der Waals surface area contributed by atoms with Gasteiger partial charge in [0.1, 0.15) is 0 Å². The first-order chi connectivity index (χ1) is 25.3. The first-order valence-corrected chi connectivity index (χ1v) is 19.4. The molecular weight excluding hydrogens is 843 g/mol. The van der Waals surface area contributed by atoms with Crippen LogP contribution >= 0.6 is 0 Å². The number of allylic oxidation sites excluding steroid dienone is 4. The molecule has 0 fully saturated rings. The molecule has 0 amide bonds. The molecule has 1 aliphatic carbocycles. The molecule has 0 aromatic heterocycles. The topological polar surface area (TPSA) is 111 Å². The first kappa shape index (κ1) is 50.6. The smallest absolute Gasteiger partial charge is 1.00 e. The summed E-state index contributed by atoms with van der Waals surface area (Å²) in [4.78, 5) is 0. The van der Waals surface area contributed by atoms with E-state index in [0.29, 0.717) is 69.0 Å². The first-order valence-electron chi connectivity index (χ1n) is 16.6. The Kier molecular flexibility index (Phi) is 18.3. The van der Waals surface area contributed by atoms with Crippen LogP contribution in [-0.4, -0.2) is 93.4 Å². The van der Waals surface area contributed by atoms with Gasteiger partial charge in [-0.2, -0.15) is 0 Å². The van der Waals surface area contributed by atoms with Crippen molar-refractivity contribution in [3.8, 4) is 69.0 Å². The van der Waals surface area contributed by atoms with Crippen LogP contribution in [0.1, 0.15) is 27.7 Å². The summed E-state index contributed by atoms with van der Waals surface area (Å²) in [5, 5.41) is 2.16. The summed E-state index contributed by atoms with van der Waals surface area (Å²) in [7, 11) is 14.9. The van der Waals surface area contributed by atoms with E-state index in [0.717, 1.165) is 37.9 Å². The molecule has 17 heteroatoms. The Morgan fingerprint density at radius 2 is 0.571 bits per heavy atom. The third-order valence-electron chi connectivity index (χ3n) is 10.6. The number of methoxy groups -OCH3 is 12. The number of ether oxygens (including phenoxy) is 12. The Hall–Kier alpha value is -3.46. The van der Waals surface area contributed by atoms with E-state index in [9.17, 15) is 0 Å². The molecule has 0 saturated heterocycles. The standard InChI is InChI=1S/C39H51O12Si.3ClH.Ti/c1-20-21(2)23(4)39(22(20)3)52(27-17-24(40-5)30(43-8)36(49-14)33(27)46-11,28-18-25(41-6)31(44-9)37(50-15)34(28)47-12)29-19-26(42-7)32(45-10)38(51-16)35(29)48-13;;;;/h17-19H,1-16H3;3*1H;/q;;;;+3/p-3. The van der Waals surface area contributed by atoms with E-state index in [4.69, 9.17) is 56.8 Å². The van der Waals surface area contributed by atoms with Crippen LogP contribution in [0, 0.1) is 0 Å². The SMILES string of the molecule is COc1cc([Si](c2cc(OC)c(OC)c(OC)c2OC)(c2cc(OC)c(OC)c(OC)c2OC)[C]2([Ti+3])C(C)=C(C)C(C)=C2C)c(OC)c(OC)c1OC.[Cl-].[Cl-].[Cl-]. The number of halogens is 3. The van der Waals surface area contributed by atoms with E-state index in [-0.39, 0.29) is 37.2 Å². The van der Waals surface area contributed by atoms with Gasteiger partial charge in [0.25, 0.3) is 0 Å². The molecule has 0 radical (unpaired) electrons. The van der Waals surface area contributed by atoms with Gasteiger partial charge < -0.3 is 37.2 Å². The zero-order valence-corrected chi connectivity index (χ0v) is 39.6. The van der Waals surface area contributed by atoms with Crippen LogP contribution < -0.4 is 110 Å². The molecule has 308 valence electrons. The fourth-order valence-corrected chi connectivity index (χ4v) is 16.6. The van der Waals surface area contributed by atoms with Gasteiger partial charge in [0.15, 0.2) is 0 Å². The van der Waals surface area contributed by atoms with Crippen LogP contribution in [0.2, 0.25) is 3.34 Å². The summed E-state index contributed by atoms with van der Waals surface area (Å²) in [5.74, 6) is 4.52. The molecule has 0 saturated carbocycles. The minimum Gasteiger partial charge on any atom is -1.00 e. The van der Waals surface area contributed by atoms with Crippen LogP contribution in [0.25, 0.3) is 0 Å². The predicted molar refractivity (Wildman–Crippen MR) is 202 cm³/mol. The third-order valence-corrected chi connectivity index (χ3v) is 18.9. The maximum Gasteiger partial charge on any atom is -1.00 e. The molecule has 0 atom stereocenters. The monoisotopic (exact) mass is 892 g/mol. The van der Waals surface area contributed by atoms with Crippen LogP contribution in [0.3, 0.4) is 0 Å². The van der Waals surface area contributed by atoms with Gasteiger partial charge in [-0.05, 0) is 0 Å². The Morgan fingerprint density at radius 3 is 0.750 bits per heavy atom. The number of benzene rings is 3. The molecule has 0 heterocycles. The molecule has 0 unspecified atom stereocenters. The largest absolute Gasteiger partial charge is 1.00 e. The summed E-state index contributed by atoms with van der Waals surface area (Å²) in [6.45, 7) is 8.61. The predicted octanol–water partition coefficient (Wildman–Crippen LogP) is -3.80. The molecule has 3 aromatic rings. The van der Waals surface area contributed by atoms with E-state index < -0.39 is 11.4 Å². The quantitative estimate of drug-likeness (QED) is 0.104. The van der Waals surface area contributed by atoms with Crippen molar-refractivity contribution in [3.63, 3.8) is 0 Å². The van der Waals surface area contributed by atoms with E-state index >= 15 is 0 Å². The summed E-state index contributed by atoms with van der Waals surface area (Å²) in [5.41, 5.74) is 4.51. The summed E-state index contributed by atoms with van der Waals surface area (Å²) >= 11 is 2.25. The van der Waals surface area contributed by atoms with Crippen LogP contribution in [0.15, 0.2) is 40.5 Å². The second-order valence-electron chi connectivity index (χ2n) is 12.2. The molecule has 56 heavy (non-hydrogen) atoms. The Bertz CT molecular complexity index is 1760. The maximum absolute atomic E-state index is 6.44.